The standard InChI is InChI=1S/C14H20N2OS/c1-16(10-7-12-5-8-15-9-6-12)14(17)13-4-2-3-11-18-13/h5-6,8-9,13H,2-4,7,10-11H2,1H3. The Hall–Kier alpha value is -1.03. The van der Waals surface area contributed by atoms with Gasteiger partial charge in [0.15, 0.2) is 0 Å². The molecular weight excluding hydrogens is 244 g/mol. The monoisotopic (exact) mass is 264 g/mol. The molecule has 0 saturated carbocycles. The van der Waals surface area contributed by atoms with Crippen molar-refractivity contribution in [2.75, 3.05) is 19.3 Å². The fraction of sp³-hybridized carbons (Fsp3) is 0.571. The van der Waals surface area contributed by atoms with Gasteiger partial charge in [0.1, 0.15) is 0 Å². The number of hydrogen-bond acceptors (Lipinski definition) is 3. The number of nitrogens with zero attached hydrogens (tertiary/aromatic N) is 2. The quantitative estimate of drug-likeness (QED) is 0.837. The second-order valence-electron chi connectivity index (χ2n) is 4.72. The lowest BCUT2D eigenvalue weighted by atomic mass is 10.1. The van der Waals surface area contributed by atoms with Crippen molar-refractivity contribution < 1.29 is 4.79 Å². The molecule has 0 radical (unpaired) electrons. The number of carbonyl (C=O) groups excluding carboxylic acids is 1. The molecule has 1 aliphatic heterocycles. The van der Waals surface area contributed by atoms with Crippen LogP contribution in [0.4, 0.5) is 0 Å². The van der Waals surface area contributed by atoms with Crippen molar-refractivity contribution in [3.63, 3.8) is 0 Å². The lowest BCUT2D eigenvalue weighted by Crippen LogP contribution is -2.37. The Morgan fingerprint density at radius 3 is 2.89 bits per heavy atom. The normalized spacial score (nSPS) is 19.5. The van der Waals surface area contributed by atoms with Crippen molar-refractivity contribution in [3.05, 3.63) is 30.1 Å². The number of likely N-dealkylation sites (N-methyl/N-ethyl adjacent to an activating group) is 1. The third-order valence-corrected chi connectivity index (χ3v) is 4.68. The third-order valence-electron chi connectivity index (χ3n) is 3.32. The summed E-state index contributed by atoms with van der Waals surface area (Å²) in [7, 11) is 1.92. The molecule has 2 heterocycles. The van der Waals surface area contributed by atoms with E-state index in [2.05, 4.69) is 4.98 Å². The van der Waals surface area contributed by atoms with E-state index in [0.29, 0.717) is 5.91 Å². The molecule has 98 valence electrons. The summed E-state index contributed by atoms with van der Waals surface area (Å²) >= 11 is 1.82. The summed E-state index contributed by atoms with van der Waals surface area (Å²) in [5, 5.41) is 0.196. The van der Waals surface area contributed by atoms with E-state index in [4.69, 9.17) is 0 Å². The zero-order valence-corrected chi connectivity index (χ0v) is 11.7. The van der Waals surface area contributed by atoms with Crippen molar-refractivity contribution in [1.82, 2.24) is 9.88 Å². The van der Waals surface area contributed by atoms with Crippen LogP contribution in [0.1, 0.15) is 24.8 Å². The van der Waals surface area contributed by atoms with Crippen molar-refractivity contribution >= 4 is 17.7 Å². The van der Waals surface area contributed by atoms with E-state index in [-0.39, 0.29) is 5.25 Å². The van der Waals surface area contributed by atoms with Crippen LogP contribution in [0.15, 0.2) is 24.5 Å². The molecule has 2 rings (SSSR count). The van der Waals surface area contributed by atoms with Crippen LogP contribution >= 0.6 is 11.8 Å². The number of carbonyl (C=O) groups is 1. The molecule has 1 saturated heterocycles. The molecule has 0 N–H and O–H groups in total. The Bertz CT molecular complexity index is 377. The highest BCUT2D eigenvalue weighted by molar-refractivity contribution is 8.00. The van der Waals surface area contributed by atoms with Gasteiger partial charge in [0.2, 0.25) is 5.91 Å². The van der Waals surface area contributed by atoms with E-state index >= 15 is 0 Å². The van der Waals surface area contributed by atoms with Crippen molar-refractivity contribution in [2.24, 2.45) is 0 Å². The maximum atomic E-state index is 12.2. The van der Waals surface area contributed by atoms with Gasteiger partial charge in [-0.1, -0.05) is 6.42 Å². The van der Waals surface area contributed by atoms with Gasteiger partial charge in [0.25, 0.3) is 0 Å². The van der Waals surface area contributed by atoms with Gasteiger partial charge in [-0.25, -0.2) is 0 Å². The lowest BCUT2D eigenvalue weighted by molar-refractivity contribution is -0.129. The largest absolute Gasteiger partial charge is 0.344 e. The van der Waals surface area contributed by atoms with Crippen LogP contribution in [0.3, 0.4) is 0 Å². The zero-order valence-electron chi connectivity index (χ0n) is 10.8. The van der Waals surface area contributed by atoms with Gasteiger partial charge in [-0.3, -0.25) is 9.78 Å². The van der Waals surface area contributed by atoms with Crippen LogP contribution in [-0.2, 0) is 11.2 Å². The van der Waals surface area contributed by atoms with Gasteiger partial charge < -0.3 is 4.90 Å². The number of hydrogen-bond donors (Lipinski definition) is 0. The van der Waals surface area contributed by atoms with Crippen LogP contribution in [-0.4, -0.2) is 40.4 Å². The van der Waals surface area contributed by atoms with E-state index in [1.165, 1.54) is 18.4 Å². The van der Waals surface area contributed by atoms with Crippen LogP contribution in [0.25, 0.3) is 0 Å². The maximum Gasteiger partial charge on any atom is 0.235 e. The maximum absolute atomic E-state index is 12.2. The molecule has 0 spiro atoms. The first kappa shape index (κ1) is 13.4. The van der Waals surface area contributed by atoms with E-state index < -0.39 is 0 Å². The summed E-state index contributed by atoms with van der Waals surface area (Å²) in [6.07, 6.45) is 8.00. The minimum atomic E-state index is 0.196. The highest BCUT2D eigenvalue weighted by Gasteiger charge is 2.24. The van der Waals surface area contributed by atoms with E-state index in [9.17, 15) is 4.79 Å². The molecule has 3 nitrogen and oxygen atoms in total. The Morgan fingerprint density at radius 2 is 2.22 bits per heavy atom. The molecule has 0 aliphatic carbocycles. The van der Waals surface area contributed by atoms with Crippen molar-refractivity contribution in [1.29, 1.82) is 0 Å². The molecule has 1 aliphatic rings. The number of rotatable bonds is 4. The first-order chi connectivity index (χ1) is 8.77. The molecule has 1 amide bonds. The summed E-state index contributed by atoms with van der Waals surface area (Å²) in [4.78, 5) is 18.1. The smallest absolute Gasteiger partial charge is 0.235 e. The number of pyridine rings is 1. The molecule has 1 aromatic heterocycles. The molecule has 18 heavy (non-hydrogen) atoms. The fourth-order valence-electron chi connectivity index (χ4n) is 2.14. The minimum Gasteiger partial charge on any atom is -0.344 e. The van der Waals surface area contributed by atoms with Crippen LogP contribution in [0.2, 0.25) is 0 Å². The summed E-state index contributed by atoms with van der Waals surface area (Å²) < 4.78 is 0. The SMILES string of the molecule is CN(CCc1ccncc1)C(=O)C1CCCCS1. The molecule has 4 heteroatoms. The molecule has 1 fully saturated rings. The first-order valence-electron chi connectivity index (χ1n) is 6.53. The molecule has 1 unspecified atom stereocenters. The zero-order chi connectivity index (χ0) is 12.8. The van der Waals surface area contributed by atoms with Gasteiger partial charge in [0, 0.05) is 26.0 Å². The summed E-state index contributed by atoms with van der Waals surface area (Å²) in [5.41, 5.74) is 1.24. The number of thioether (sulfide) groups is 1. The summed E-state index contributed by atoms with van der Waals surface area (Å²) in [6, 6.07) is 4.02. The van der Waals surface area contributed by atoms with Gasteiger partial charge in [-0.15, -0.1) is 11.8 Å². The van der Waals surface area contributed by atoms with E-state index in [1.807, 2.05) is 35.8 Å². The summed E-state index contributed by atoms with van der Waals surface area (Å²) in [5.74, 6) is 1.43. The predicted molar refractivity (Wildman–Crippen MR) is 75.7 cm³/mol. The Labute approximate surface area is 113 Å². The fourth-order valence-corrected chi connectivity index (χ4v) is 3.45. The number of amides is 1. The van der Waals surface area contributed by atoms with Crippen molar-refractivity contribution in [3.8, 4) is 0 Å². The predicted octanol–water partition coefficient (Wildman–Crippen LogP) is 2.37. The molecule has 0 aromatic carbocycles. The molecule has 1 atom stereocenters. The highest BCUT2D eigenvalue weighted by atomic mass is 32.2. The van der Waals surface area contributed by atoms with Crippen LogP contribution in [0.5, 0.6) is 0 Å². The van der Waals surface area contributed by atoms with Crippen LogP contribution < -0.4 is 0 Å². The second-order valence-corrected chi connectivity index (χ2v) is 6.03. The van der Waals surface area contributed by atoms with Gasteiger partial charge in [0.05, 0.1) is 5.25 Å². The molecule has 1 aromatic rings. The first-order valence-corrected chi connectivity index (χ1v) is 7.58. The van der Waals surface area contributed by atoms with Crippen molar-refractivity contribution in [2.45, 2.75) is 30.9 Å². The Kier molecular flexibility index (Phi) is 5.05. The van der Waals surface area contributed by atoms with Crippen LogP contribution in [0, 0.1) is 0 Å². The Balaban J connectivity index is 1.80. The van der Waals surface area contributed by atoms with Gasteiger partial charge in [-0.05, 0) is 42.7 Å². The molecule has 0 bridgehead atoms. The average Bonchev–Trinajstić information content (AvgIpc) is 2.46. The van der Waals surface area contributed by atoms with E-state index in [1.54, 1.807) is 12.4 Å². The van der Waals surface area contributed by atoms with E-state index in [0.717, 1.165) is 25.1 Å². The molecular formula is C14H20N2OS. The lowest BCUT2D eigenvalue weighted by Gasteiger charge is -2.26. The minimum absolute atomic E-state index is 0.196. The second kappa shape index (κ2) is 6.78. The highest BCUT2D eigenvalue weighted by Crippen LogP contribution is 2.26. The Morgan fingerprint density at radius 1 is 1.44 bits per heavy atom. The van der Waals surface area contributed by atoms with Gasteiger partial charge in [-0.2, -0.15) is 0 Å². The average molecular weight is 264 g/mol. The summed E-state index contributed by atoms with van der Waals surface area (Å²) in [6.45, 7) is 0.792. The van der Waals surface area contributed by atoms with Gasteiger partial charge >= 0.3 is 0 Å². The number of aromatic nitrogens is 1. The third kappa shape index (κ3) is 3.73. The topological polar surface area (TPSA) is 33.2 Å².